The molecule has 4 heterocycles. The van der Waals surface area contributed by atoms with Crippen LogP contribution in [0.1, 0.15) is 5.56 Å². The number of fused-ring (bicyclic) bond motifs is 8. The van der Waals surface area contributed by atoms with Gasteiger partial charge in [-0.25, -0.2) is 9.97 Å². The first-order valence-electron chi connectivity index (χ1n) is 16.9. The maximum Gasteiger partial charge on any atom is 0.235 e. The molecule has 0 unspecified atom stereocenters. The predicted molar refractivity (Wildman–Crippen MR) is 204 cm³/mol. The number of ether oxygens (including phenoxy) is 1. The van der Waals surface area contributed by atoms with Gasteiger partial charge in [0.1, 0.15) is 11.5 Å². The van der Waals surface area contributed by atoms with E-state index in [1.807, 2.05) is 30.3 Å². The molecule has 0 amide bonds. The molecule has 0 aliphatic carbocycles. The van der Waals surface area contributed by atoms with Gasteiger partial charge in [0.2, 0.25) is 5.95 Å². The van der Waals surface area contributed by atoms with Gasteiger partial charge in [0, 0.05) is 32.8 Å². The smallest absolute Gasteiger partial charge is 0.235 e. The van der Waals surface area contributed by atoms with E-state index in [4.69, 9.17) is 14.7 Å². The van der Waals surface area contributed by atoms with Crippen LogP contribution in [0.4, 0.5) is 0 Å². The molecule has 51 heavy (non-hydrogen) atoms. The summed E-state index contributed by atoms with van der Waals surface area (Å²) in [6.07, 6.45) is 0. The average molecular weight is 652 g/mol. The summed E-state index contributed by atoms with van der Waals surface area (Å²) >= 11 is 0. The third-order valence-corrected chi connectivity index (χ3v) is 10.2. The fourth-order valence-electron chi connectivity index (χ4n) is 7.89. The van der Waals surface area contributed by atoms with Crippen LogP contribution in [0.25, 0.3) is 88.5 Å². The molecule has 0 spiro atoms. The summed E-state index contributed by atoms with van der Waals surface area (Å²) in [6, 6.07) is 54.7. The van der Waals surface area contributed by atoms with Crippen LogP contribution < -0.4 is 4.74 Å². The first-order chi connectivity index (χ1) is 25.2. The normalized spacial score (nSPS) is 12.1. The number of aromatic nitrogens is 4. The molecule has 6 heteroatoms. The zero-order valence-electron chi connectivity index (χ0n) is 27.1. The number of nitriles is 1. The zero-order valence-corrected chi connectivity index (χ0v) is 27.1. The quantitative estimate of drug-likeness (QED) is 0.191. The summed E-state index contributed by atoms with van der Waals surface area (Å²) in [7, 11) is 0. The highest BCUT2D eigenvalue weighted by molar-refractivity contribution is 6.13. The molecule has 0 atom stereocenters. The lowest BCUT2D eigenvalue weighted by Crippen LogP contribution is -2.06. The molecular weight excluding hydrogens is 627 g/mol. The maximum absolute atomic E-state index is 9.55. The van der Waals surface area contributed by atoms with Crippen LogP contribution in [-0.4, -0.2) is 19.1 Å². The van der Waals surface area contributed by atoms with Crippen LogP contribution in [0, 0.1) is 11.3 Å². The first-order valence-corrected chi connectivity index (χ1v) is 16.9. The van der Waals surface area contributed by atoms with Gasteiger partial charge in [-0.1, -0.05) is 72.8 Å². The molecular formula is C45H25N5O. The van der Waals surface area contributed by atoms with Gasteiger partial charge in [0.15, 0.2) is 0 Å². The minimum atomic E-state index is 0.540. The van der Waals surface area contributed by atoms with Crippen molar-refractivity contribution < 1.29 is 4.74 Å². The SMILES string of the molecule is N#Cc1ccc2c(c1)Oc1cccc3nc(-n4c5ccccc5c5cc(-c6ccc7c(c6)c6ccccc6n7-c6ccccc6)ccc54)nc-2c13. The third kappa shape index (κ3) is 3.97. The Morgan fingerprint density at radius 1 is 0.510 bits per heavy atom. The van der Waals surface area contributed by atoms with Crippen molar-refractivity contribution in [2.45, 2.75) is 0 Å². The Morgan fingerprint density at radius 3 is 1.88 bits per heavy atom. The van der Waals surface area contributed by atoms with Crippen molar-refractivity contribution >= 4 is 54.5 Å². The lowest BCUT2D eigenvalue weighted by Gasteiger charge is -2.21. The van der Waals surface area contributed by atoms with Gasteiger partial charge >= 0.3 is 0 Å². The minimum absolute atomic E-state index is 0.540. The first kappa shape index (κ1) is 27.7. The van der Waals surface area contributed by atoms with Crippen molar-refractivity contribution in [2.75, 3.05) is 0 Å². The van der Waals surface area contributed by atoms with E-state index in [0.29, 0.717) is 23.0 Å². The van der Waals surface area contributed by atoms with Gasteiger partial charge in [-0.3, -0.25) is 4.57 Å². The predicted octanol–water partition coefficient (Wildman–Crippen LogP) is 11.1. The second kappa shape index (κ2) is 10.4. The van der Waals surface area contributed by atoms with Crippen LogP contribution in [0.5, 0.6) is 11.5 Å². The number of rotatable bonds is 3. The third-order valence-electron chi connectivity index (χ3n) is 10.2. The van der Waals surface area contributed by atoms with E-state index in [0.717, 1.165) is 60.8 Å². The summed E-state index contributed by atoms with van der Waals surface area (Å²) in [5.74, 6) is 1.89. The number of hydrogen-bond donors (Lipinski definition) is 0. The molecule has 3 aromatic heterocycles. The standard InChI is InChI=1S/C45H25N5O/c46-26-27-17-20-33-42(23-27)51-41-16-8-13-36-43(41)44(33)48-45(47-36)50-38-15-7-5-12-32(38)35-25-29(19-22-40(35)50)28-18-21-39-34(24-28)31-11-4-6-14-37(31)49(39)30-9-2-1-3-10-30/h1-25H. The molecule has 0 N–H and O–H groups in total. The van der Waals surface area contributed by atoms with E-state index in [2.05, 4.69) is 130 Å². The zero-order chi connectivity index (χ0) is 33.6. The molecule has 0 saturated carbocycles. The average Bonchev–Trinajstić information content (AvgIpc) is 3.70. The molecule has 11 rings (SSSR count). The van der Waals surface area contributed by atoms with Crippen molar-refractivity contribution in [2.24, 2.45) is 0 Å². The Balaban J connectivity index is 1.12. The number of hydrogen-bond acceptors (Lipinski definition) is 4. The van der Waals surface area contributed by atoms with Gasteiger partial charge < -0.3 is 9.30 Å². The molecule has 1 aliphatic rings. The van der Waals surface area contributed by atoms with E-state index in [1.54, 1.807) is 6.07 Å². The van der Waals surface area contributed by atoms with Crippen LogP contribution in [-0.2, 0) is 0 Å². The van der Waals surface area contributed by atoms with Crippen LogP contribution in [0.3, 0.4) is 0 Å². The van der Waals surface area contributed by atoms with Crippen LogP contribution in [0.15, 0.2) is 152 Å². The molecule has 0 fully saturated rings. The van der Waals surface area contributed by atoms with E-state index < -0.39 is 0 Å². The Hall–Kier alpha value is -7.23. The van der Waals surface area contributed by atoms with E-state index in [9.17, 15) is 5.26 Å². The molecule has 0 radical (unpaired) electrons. The Labute approximate surface area is 291 Å². The Morgan fingerprint density at radius 2 is 1.16 bits per heavy atom. The minimum Gasteiger partial charge on any atom is -0.456 e. The second-order valence-electron chi connectivity index (χ2n) is 13.0. The van der Waals surface area contributed by atoms with E-state index in [-0.39, 0.29) is 0 Å². The summed E-state index contributed by atoms with van der Waals surface area (Å²) in [5, 5.41) is 15.1. The van der Waals surface area contributed by atoms with Gasteiger partial charge in [-0.05, 0) is 90.0 Å². The second-order valence-corrected chi connectivity index (χ2v) is 13.0. The number of nitrogens with zero attached hydrogens (tertiary/aromatic N) is 5. The van der Waals surface area contributed by atoms with Crippen LogP contribution >= 0.6 is 0 Å². The van der Waals surface area contributed by atoms with Gasteiger partial charge in [0.05, 0.1) is 50.3 Å². The van der Waals surface area contributed by atoms with Crippen molar-refractivity contribution in [3.05, 3.63) is 157 Å². The molecule has 1 aliphatic heterocycles. The topological polar surface area (TPSA) is 68.7 Å². The monoisotopic (exact) mass is 651 g/mol. The van der Waals surface area contributed by atoms with Crippen LogP contribution in [0.2, 0.25) is 0 Å². The summed E-state index contributed by atoms with van der Waals surface area (Å²) in [5.41, 5.74) is 10.8. The maximum atomic E-state index is 9.55. The molecule has 7 aromatic carbocycles. The molecule has 6 nitrogen and oxygen atoms in total. The fraction of sp³-hybridized carbons (Fsp3) is 0. The molecule has 0 bridgehead atoms. The highest BCUT2D eigenvalue weighted by atomic mass is 16.5. The molecule has 0 saturated heterocycles. The summed E-state index contributed by atoms with van der Waals surface area (Å²) in [6.45, 7) is 0. The Bertz CT molecular complexity index is 3130. The number of para-hydroxylation sites is 3. The highest BCUT2D eigenvalue weighted by Crippen LogP contribution is 2.46. The molecule has 10 aromatic rings. The van der Waals surface area contributed by atoms with Crippen molar-refractivity contribution in [3.63, 3.8) is 0 Å². The largest absolute Gasteiger partial charge is 0.456 e. The summed E-state index contributed by atoms with van der Waals surface area (Å²) < 4.78 is 10.8. The van der Waals surface area contributed by atoms with Crippen molar-refractivity contribution in [1.82, 2.24) is 19.1 Å². The van der Waals surface area contributed by atoms with E-state index >= 15 is 0 Å². The lowest BCUT2D eigenvalue weighted by molar-refractivity contribution is 0.486. The van der Waals surface area contributed by atoms with Crippen molar-refractivity contribution in [1.29, 1.82) is 5.26 Å². The van der Waals surface area contributed by atoms with E-state index in [1.165, 1.54) is 21.8 Å². The molecule has 236 valence electrons. The van der Waals surface area contributed by atoms with Crippen molar-refractivity contribution in [3.8, 4) is 51.6 Å². The van der Waals surface area contributed by atoms with Gasteiger partial charge in [-0.15, -0.1) is 0 Å². The lowest BCUT2D eigenvalue weighted by atomic mass is 10.0. The number of benzene rings is 7. The fourth-order valence-corrected chi connectivity index (χ4v) is 7.89. The summed E-state index contributed by atoms with van der Waals surface area (Å²) in [4.78, 5) is 10.3. The van der Waals surface area contributed by atoms with Gasteiger partial charge in [-0.2, -0.15) is 5.26 Å². The van der Waals surface area contributed by atoms with Gasteiger partial charge in [0.25, 0.3) is 0 Å². The Kier molecular flexibility index (Phi) is 5.64. The highest BCUT2D eigenvalue weighted by Gasteiger charge is 2.25.